The van der Waals surface area contributed by atoms with E-state index in [1.165, 1.54) is 12.1 Å². The summed E-state index contributed by atoms with van der Waals surface area (Å²) in [7, 11) is 0. The van der Waals surface area contributed by atoms with Gasteiger partial charge in [0.15, 0.2) is 0 Å². The molecular formula is C24H29FN4O2. The van der Waals surface area contributed by atoms with Gasteiger partial charge in [0.1, 0.15) is 11.5 Å². The Balaban J connectivity index is 1.74. The maximum absolute atomic E-state index is 13.8. The molecule has 0 aliphatic heterocycles. The van der Waals surface area contributed by atoms with Crippen molar-refractivity contribution >= 4 is 16.9 Å². The highest BCUT2D eigenvalue weighted by atomic mass is 19.1. The SMILES string of the molecule is CCn1c(=O)c(CCC(=O)NC2CCCC2)c(C)c2c(C)nn(-c3cccc(F)c3)c21. The fraction of sp³-hybridized carbons (Fsp3) is 0.458. The zero-order valence-corrected chi connectivity index (χ0v) is 18.4. The molecule has 1 aliphatic carbocycles. The lowest BCUT2D eigenvalue weighted by Gasteiger charge is -2.15. The summed E-state index contributed by atoms with van der Waals surface area (Å²) < 4.78 is 17.2. The van der Waals surface area contributed by atoms with E-state index < -0.39 is 0 Å². The summed E-state index contributed by atoms with van der Waals surface area (Å²) in [5.41, 5.74) is 3.39. The minimum absolute atomic E-state index is 0.000947. The van der Waals surface area contributed by atoms with Gasteiger partial charge in [-0.15, -0.1) is 0 Å². The first-order valence-corrected chi connectivity index (χ1v) is 11.1. The first-order valence-electron chi connectivity index (χ1n) is 11.1. The van der Waals surface area contributed by atoms with Gasteiger partial charge in [0.05, 0.1) is 11.4 Å². The number of halogens is 1. The molecule has 164 valence electrons. The fourth-order valence-corrected chi connectivity index (χ4v) is 4.76. The monoisotopic (exact) mass is 424 g/mol. The van der Waals surface area contributed by atoms with Crippen LogP contribution >= 0.6 is 0 Å². The molecular weight excluding hydrogens is 395 g/mol. The van der Waals surface area contributed by atoms with Crippen LogP contribution in [0.25, 0.3) is 16.7 Å². The third-order valence-corrected chi connectivity index (χ3v) is 6.31. The number of carbonyl (C=O) groups is 1. The van der Waals surface area contributed by atoms with Crippen LogP contribution in [0.3, 0.4) is 0 Å². The van der Waals surface area contributed by atoms with Crippen molar-refractivity contribution in [3.63, 3.8) is 0 Å². The Bertz CT molecular complexity index is 1190. The molecule has 1 amide bonds. The molecule has 0 saturated heterocycles. The van der Waals surface area contributed by atoms with Crippen LogP contribution in [0.2, 0.25) is 0 Å². The number of pyridine rings is 1. The van der Waals surface area contributed by atoms with Crippen molar-refractivity contribution in [2.75, 3.05) is 0 Å². The predicted octanol–water partition coefficient (Wildman–Crippen LogP) is 3.95. The van der Waals surface area contributed by atoms with Crippen molar-refractivity contribution in [3.8, 4) is 5.69 Å². The lowest BCUT2D eigenvalue weighted by molar-refractivity contribution is -0.121. The molecule has 0 unspecified atom stereocenters. The Morgan fingerprint density at radius 2 is 2.00 bits per heavy atom. The summed E-state index contributed by atoms with van der Waals surface area (Å²) in [5.74, 6) is -0.355. The second kappa shape index (κ2) is 8.65. The van der Waals surface area contributed by atoms with Crippen molar-refractivity contribution in [2.45, 2.75) is 71.9 Å². The van der Waals surface area contributed by atoms with Crippen molar-refractivity contribution in [2.24, 2.45) is 0 Å². The molecule has 0 spiro atoms. The standard InChI is InChI=1S/C24H29FN4O2/c1-4-28-23-22(16(3)27-29(23)19-11-7-8-17(25)14-19)15(2)20(24(28)31)12-13-21(30)26-18-9-5-6-10-18/h7-8,11,14,18H,4-6,9-10,12-13H2,1-3H3,(H,26,30). The Morgan fingerprint density at radius 3 is 2.68 bits per heavy atom. The Morgan fingerprint density at radius 1 is 1.26 bits per heavy atom. The highest BCUT2D eigenvalue weighted by molar-refractivity contribution is 5.85. The average Bonchev–Trinajstić information content (AvgIpc) is 3.36. The minimum atomic E-state index is -0.356. The minimum Gasteiger partial charge on any atom is -0.353 e. The zero-order valence-electron chi connectivity index (χ0n) is 18.4. The topological polar surface area (TPSA) is 68.9 Å². The predicted molar refractivity (Wildman–Crippen MR) is 119 cm³/mol. The second-order valence-electron chi connectivity index (χ2n) is 8.38. The van der Waals surface area contributed by atoms with Crippen molar-refractivity contribution in [3.05, 3.63) is 57.3 Å². The Hall–Kier alpha value is -2.96. The van der Waals surface area contributed by atoms with E-state index in [1.807, 2.05) is 20.8 Å². The van der Waals surface area contributed by atoms with E-state index in [1.54, 1.807) is 21.4 Å². The van der Waals surface area contributed by atoms with Gasteiger partial charge in [-0.3, -0.25) is 14.2 Å². The van der Waals surface area contributed by atoms with Crippen LogP contribution in [0.4, 0.5) is 4.39 Å². The van der Waals surface area contributed by atoms with Crippen LogP contribution in [0, 0.1) is 19.7 Å². The molecule has 0 atom stereocenters. The smallest absolute Gasteiger partial charge is 0.255 e. The zero-order chi connectivity index (χ0) is 22.1. The van der Waals surface area contributed by atoms with E-state index in [2.05, 4.69) is 10.4 Å². The molecule has 0 radical (unpaired) electrons. The van der Waals surface area contributed by atoms with Gasteiger partial charge in [0.25, 0.3) is 5.56 Å². The molecule has 1 fully saturated rings. The van der Waals surface area contributed by atoms with Crippen LogP contribution in [0.5, 0.6) is 0 Å². The second-order valence-corrected chi connectivity index (χ2v) is 8.38. The lowest BCUT2D eigenvalue weighted by Crippen LogP contribution is -2.33. The fourth-order valence-electron chi connectivity index (χ4n) is 4.76. The molecule has 0 bridgehead atoms. The number of nitrogens with zero attached hydrogens (tertiary/aromatic N) is 3. The van der Waals surface area contributed by atoms with E-state index in [9.17, 15) is 14.0 Å². The summed E-state index contributed by atoms with van der Waals surface area (Å²) >= 11 is 0. The van der Waals surface area contributed by atoms with Gasteiger partial charge in [-0.1, -0.05) is 18.9 Å². The number of amides is 1. The van der Waals surface area contributed by atoms with Gasteiger partial charge in [-0.25, -0.2) is 9.07 Å². The molecule has 1 saturated carbocycles. The summed E-state index contributed by atoms with van der Waals surface area (Å²) in [5, 5.41) is 8.61. The number of hydrogen-bond donors (Lipinski definition) is 1. The van der Waals surface area contributed by atoms with Gasteiger partial charge in [0.2, 0.25) is 5.91 Å². The number of carbonyl (C=O) groups excluding carboxylic acids is 1. The van der Waals surface area contributed by atoms with Gasteiger partial charge < -0.3 is 5.32 Å². The maximum atomic E-state index is 13.8. The molecule has 4 rings (SSSR count). The Labute approximate surface area is 181 Å². The summed E-state index contributed by atoms with van der Waals surface area (Å²) in [6, 6.07) is 6.47. The number of aromatic nitrogens is 3. The molecule has 2 heterocycles. The number of aryl methyl sites for hydroxylation is 3. The number of rotatable bonds is 6. The molecule has 1 aromatic carbocycles. The van der Waals surface area contributed by atoms with Crippen LogP contribution in [-0.2, 0) is 17.8 Å². The summed E-state index contributed by atoms with van der Waals surface area (Å²) in [6.45, 7) is 6.17. The number of hydrogen-bond acceptors (Lipinski definition) is 3. The molecule has 2 aromatic heterocycles. The molecule has 1 aliphatic rings. The lowest BCUT2D eigenvalue weighted by atomic mass is 10.0. The number of nitrogens with one attached hydrogen (secondary N) is 1. The van der Waals surface area contributed by atoms with Crippen LogP contribution in [0.15, 0.2) is 29.1 Å². The average molecular weight is 425 g/mol. The van der Waals surface area contributed by atoms with E-state index in [0.29, 0.717) is 36.3 Å². The van der Waals surface area contributed by atoms with Gasteiger partial charge in [0, 0.05) is 30.0 Å². The molecule has 7 heteroatoms. The molecule has 3 aromatic rings. The number of benzene rings is 1. The van der Waals surface area contributed by atoms with E-state index in [0.717, 1.165) is 42.3 Å². The molecule has 31 heavy (non-hydrogen) atoms. The van der Waals surface area contributed by atoms with Crippen molar-refractivity contribution < 1.29 is 9.18 Å². The van der Waals surface area contributed by atoms with Crippen molar-refractivity contribution in [1.29, 1.82) is 0 Å². The third kappa shape index (κ3) is 4.01. The Kier molecular flexibility index (Phi) is 5.94. The van der Waals surface area contributed by atoms with E-state index in [-0.39, 0.29) is 23.3 Å². The highest BCUT2D eigenvalue weighted by Crippen LogP contribution is 2.26. The van der Waals surface area contributed by atoms with E-state index in [4.69, 9.17) is 0 Å². The third-order valence-electron chi connectivity index (χ3n) is 6.31. The largest absolute Gasteiger partial charge is 0.353 e. The van der Waals surface area contributed by atoms with Gasteiger partial charge in [-0.2, -0.15) is 5.10 Å². The first-order chi connectivity index (χ1) is 14.9. The molecule has 6 nitrogen and oxygen atoms in total. The quantitative estimate of drug-likeness (QED) is 0.651. The number of fused-ring (bicyclic) bond motifs is 1. The first kappa shape index (κ1) is 21.3. The summed E-state index contributed by atoms with van der Waals surface area (Å²) in [4.78, 5) is 25.8. The van der Waals surface area contributed by atoms with Crippen LogP contribution in [-0.4, -0.2) is 26.3 Å². The van der Waals surface area contributed by atoms with Crippen LogP contribution < -0.4 is 10.9 Å². The van der Waals surface area contributed by atoms with Crippen molar-refractivity contribution in [1.82, 2.24) is 19.7 Å². The van der Waals surface area contributed by atoms with Gasteiger partial charge >= 0.3 is 0 Å². The van der Waals surface area contributed by atoms with Gasteiger partial charge in [-0.05, 0) is 63.8 Å². The van der Waals surface area contributed by atoms with E-state index >= 15 is 0 Å². The molecule has 1 N–H and O–H groups in total. The highest BCUT2D eigenvalue weighted by Gasteiger charge is 2.22. The van der Waals surface area contributed by atoms with Crippen LogP contribution in [0.1, 0.15) is 55.8 Å². The maximum Gasteiger partial charge on any atom is 0.255 e. The normalized spacial score (nSPS) is 14.5. The summed E-state index contributed by atoms with van der Waals surface area (Å²) in [6.07, 6.45) is 5.09.